The summed E-state index contributed by atoms with van der Waals surface area (Å²) in [6.45, 7) is 0. The molecule has 1 amide bonds. The molecule has 0 unspecified atom stereocenters. The third-order valence-electron chi connectivity index (χ3n) is 3.19. The van der Waals surface area contributed by atoms with E-state index in [0.717, 1.165) is 15.5 Å². The molecule has 2 nitrogen and oxygen atoms in total. The van der Waals surface area contributed by atoms with Gasteiger partial charge in [0.25, 0.3) is 5.91 Å². The second-order valence-electron chi connectivity index (χ2n) is 4.88. The van der Waals surface area contributed by atoms with Crippen LogP contribution in [0, 0.1) is 0 Å². The van der Waals surface area contributed by atoms with Crippen LogP contribution < -0.4 is 5.32 Å². The van der Waals surface area contributed by atoms with E-state index in [1.54, 1.807) is 36.0 Å². The van der Waals surface area contributed by atoms with Crippen LogP contribution in [0.25, 0.3) is 0 Å². The third-order valence-corrected chi connectivity index (χ3v) is 4.51. The van der Waals surface area contributed by atoms with E-state index in [1.165, 1.54) is 0 Å². The van der Waals surface area contributed by atoms with Gasteiger partial charge in [-0.25, -0.2) is 0 Å². The topological polar surface area (TPSA) is 29.1 Å². The lowest BCUT2D eigenvalue weighted by atomic mass is 10.2. The predicted octanol–water partition coefficient (Wildman–Crippen LogP) is 5.74. The summed E-state index contributed by atoms with van der Waals surface area (Å²) in [7, 11) is 0. The molecule has 0 spiro atoms. The van der Waals surface area contributed by atoms with Crippen LogP contribution in [0.3, 0.4) is 0 Å². The number of amides is 1. The first-order chi connectivity index (χ1) is 11.2. The monoisotopic (exact) mass is 339 g/mol. The Labute approximate surface area is 144 Å². The molecule has 0 aliphatic rings. The molecule has 0 bridgehead atoms. The minimum atomic E-state index is -0.173. The fourth-order valence-corrected chi connectivity index (χ4v) is 3.21. The quantitative estimate of drug-likeness (QED) is 0.656. The number of nitrogens with one attached hydrogen (secondary N) is 1. The zero-order valence-electron chi connectivity index (χ0n) is 12.2. The summed E-state index contributed by atoms with van der Waals surface area (Å²) in [6, 6.07) is 24.7. The Morgan fingerprint density at radius 2 is 1.61 bits per heavy atom. The Bertz CT molecular complexity index is 820. The van der Waals surface area contributed by atoms with Crippen molar-refractivity contribution < 1.29 is 4.79 Å². The Balaban J connectivity index is 1.82. The molecule has 0 fully saturated rings. The van der Waals surface area contributed by atoms with Gasteiger partial charge in [-0.05, 0) is 42.5 Å². The van der Waals surface area contributed by atoms with E-state index < -0.39 is 0 Å². The zero-order valence-corrected chi connectivity index (χ0v) is 13.8. The van der Waals surface area contributed by atoms with Gasteiger partial charge in [0.2, 0.25) is 0 Å². The molecule has 114 valence electrons. The van der Waals surface area contributed by atoms with E-state index >= 15 is 0 Å². The van der Waals surface area contributed by atoms with Crippen molar-refractivity contribution in [2.24, 2.45) is 0 Å². The van der Waals surface area contributed by atoms with Gasteiger partial charge in [0.15, 0.2) is 0 Å². The van der Waals surface area contributed by atoms with Gasteiger partial charge in [0.05, 0.1) is 5.69 Å². The lowest BCUT2D eigenvalue weighted by Crippen LogP contribution is -2.12. The molecule has 0 radical (unpaired) electrons. The minimum absolute atomic E-state index is 0.173. The van der Waals surface area contributed by atoms with Gasteiger partial charge in [-0.2, -0.15) is 0 Å². The number of anilines is 1. The highest BCUT2D eigenvalue weighted by Crippen LogP contribution is 2.33. The van der Waals surface area contributed by atoms with Crippen LogP contribution in [0.2, 0.25) is 5.02 Å². The fourth-order valence-electron chi connectivity index (χ4n) is 2.10. The fraction of sp³-hybridized carbons (Fsp3) is 0. The van der Waals surface area contributed by atoms with Crippen LogP contribution in [-0.2, 0) is 0 Å². The normalized spacial score (nSPS) is 10.3. The van der Waals surface area contributed by atoms with Crippen LogP contribution in [0.5, 0.6) is 0 Å². The summed E-state index contributed by atoms with van der Waals surface area (Å²) in [6.07, 6.45) is 0. The molecule has 0 atom stereocenters. The molecule has 0 aliphatic carbocycles. The van der Waals surface area contributed by atoms with E-state index in [2.05, 4.69) is 5.32 Å². The Kier molecular flexibility index (Phi) is 5.01. The van der Waals surface area contributed by atoms with E-state index in [-0.39, 0.29) is 5.91 Å². The molecule has 4 heteroatoms. The van der Waals surface area contributed by atoms with Gasteiger partial charge in [0, 0.05) is 20.4 Å². The van der Waals surface area contributed by atoms with Gasteiger partial charge >= 0.3 is 0 Å². The second-order valence-corrected chi connectivity index (χ2v) is 6.43. The summed E-state index contributed by atoms with van der Waals surface area (Å²) in [5.41, 5.74) is 1.32. The number of halogens is 1. The number of benzene rings is 3. The molecule has 0 aliphatic heterocycles. The van der Waals surface area contributed by atoms with Crippen molar-refractivity contribution in [3.63, 3.8) is 0 Å². The molecular formula is C19H14ClNOS. The average molecular weight is 340 g/mol. The van der Waals surface area contributed by atoms with Gasteiger partial charge < -0.3 is 5.32 Å². The number of carbonyl (C=O) groups is 1. The highest BCUT2D eigenvalue weighted by Gasteiger charge is 2.10. The number of carbonyl (C=O) groups excluding carboxylic acids is 1. The van der Waals surface area contributed by atoms with Crippen molar-refractivity contribution in [3.05, 3.63) is 89.4 Å². The molecule has 0 heterocycles. The van der Waals surface area contributed by atoms with Crippen molar-refractivity contribution in [3.8, 4) is 0 Å². The number of hydrogen-bond donors (Lipinski definition) is 1. The van der Waals surface area contributed by atoms with Crippen LogP contribution in [0.4, 0.5) is 5.69 Å². The van der Waals surface area contributed by atoms with Gasteiger partial charge in [-0.1, -0.05) is 59.8 Å². The third kappa shape index (κ3) is 4.15. The molecule has 0 saturated heterocycles. The van der Waals surface area contributed by atoms with Crippen LogP contribution in [-0.4, -0.2) is 5.91 Å². The standard InChI is InChI=1S/C19H14ClNOS/c20-15-8-6-7-14(13-15)19(22)21-17-11-4-5-12-18(17)23-16-9-2-1-3-10-16/h1-13H,(H,21,22). The van der Waals surface area contributed by atoms with E-state index in [9.17, 15) is 4.79 Å². The number of rotatable bonds is 4. The van der Waals surface area contributed by atoms with Gasteiger partial charge in [-0.3, -0.25) is 4.79 Å². The van der Waals surface area contributed by atoms with Crippen LogP contribution >= 0.6 is 23.4 Å². The second kappa shape index (κ2) is 7.36. The molecule has 0 saturated carbocycles. The van der Waals surface area contributed by atoms with Gasteiger partial charge in [-0.15, -0.1) is 0 Å². The van der Waals surface area contributed by atoms with E-state index in [0.29, 0.717) is 10.6 Å². The first kappa shape index (κ1) is 15.7. The van der Waals surface area contributed by atoms with Crippen molar-refractivity contribution in [1.82, 2.24) is 0 Å². The maximum Gasteiger partial charge on any atom is 0.255 e. The van der Waals surface area contributed by atoms with Gasteiger partial charge in [0.1, 0.15) is 0 Å². The molecule has 0 aromatic heterocycles. The van der Waals surface area contributed by atoms with Crippen molar-refractivity contribution in [2.45, 2.75) is 9.79 Å². The maximum atomic E-state index is 12.4. The number of para-hydroxylation sites is 1. The van der Waals surface area contributed by atoms with E-state index in [1.807, 2.05) is 54.6 Å². The summed E-state index contributed by atoms with van der Waals surface area (Å²) in [5.74, 6) is -0.173. The maximum absolute atomic E-state index is 12.4. The smallest absolute Gasteiger partial charge is 0.255 e. The van der Waals surface area contributed by atoms with Crippen molar-refractivity contribution in [1.29, 1.82) is 0 Å². The summed E-state index contributed by atoms with van der Waals surface area (Å²) < 4.78 is 0. The van der Waals surface area contributed by atoms with E-state index in [4.69, 9.17) is 11.6 Å². The predicted molar refractivity (Wildman–Crippen MR) is 96.4 cm³/mol. The molecule has 3 rings (SSSR count). The first-order valence-corrected chi connectivity index (χ1v) is 8.31. The number of hydrogen-bond acceptors (Lipinski definition) is 2. The summed E-state index contributed by atoms with van der Waals surface area (Å²) in [4.78, 5) is 14.5. The molecule has 1 N–H and O–H groups in total. The van der Waals surface area contributed by atoms with Crippen LogP contribution in [0.1, 0.15) is 10.4 Å². The highest BCUT2D eigenvalue weighted by atomic mass is 35.5. The largest absolute Gasteiger partial charge is 0.321 e. The molecule has 3 aromatic carbocycles. The Morgan fingerprint density at radius 3 is 2.39 bits per heavy atom. The lowest BCUT2D eigenvalue weighted by Gasteiger charge is -2.11. The Hall–Kier alpha value is -2.23. The first-order valence-electron chi connectivity index (χ1n) is 7.11. The van der Waals surface area contributed by atoms with Crippen molar-refractivity contribution in [2.75, 3.05) is 5.32 Å². The summed E-state index contributed by atoms with van der Waals surface area (Å²) >= 11 is 7.56. The average Bonchev–Trinajstić information content (AvgIpc) is 2.57. The molecule has 23 heavy (non-hydrogen) atoms. The highest BCUT2D eigenvalue weighted by molar-refractivity contribution is 7.99. The molecular weight excluding hydrogens is 326 g/mol. The SMILES string of the molecule is O=C(Nc1ccccc1Sc1ccccc1)c1cccc(Cl)c1. The lowest BCUT2D eigenvalue weighted by molar-refractivity contribution is 0.102. The van der Waals surface area contributed by atoms with Crippen molar-refractivity contribution >= 4 is 35.0 Å². The van der Waals surface area contributed by atoms with Crippen LogP contribution in [0.15, 0.2) is 88.7 Å². The zero-order chi connectivity index (χ0) is 16.1. The molecule has 3 aromatic rings. The Morgan fingerprint density at radius 1 is 0.870 bits per heavy atom. The minimum Gasteiger partial charge on any atom is -0.321 e. The summed E-state index contributed by atoms with van der Waals surface area (Å²) in [5, 5.41) is 3.50.